The van der Waals surface area contributed by atoms with Crippen LogP contribution in [0.1, 0.15) is 12.7 Å². The highest BCUT2D eigenvalue weighted by Gasteiger charge is 2.07. The largest absolute Gasteiger partial charge is 0.321 e. The maximum atomic E-state index is 5.75. The summed E-state index contributed by atoms with van der Waals surface area (Å²) in [6.07, 6.45) is 0.850. The Labute approximate surface area is 69.8 Å². The molecule has 0 aliphatic heterocycles. The van der Waals surface area contributed by atoms with Crippen molar-refractivity contribution in [3.8, 4) is 0 Å². The van der Waals surface area contributed by atoms with E-state index in [-0.39, 0.29) is 0 Å². The minimum absolute atomic E-state index is 0.390. The van der Waals surface area contributed by atoms with Crippen LogP contribution in [0.5, 0.6) is 0 Å². The molecule has 0 aliphatic rings. The zero-order valence-corrected chi connectivity index (χ0v) is 7.37. The Morgan fingerprint density at radius 3 is 2.30 bits per heavy atom. The molecule has 2 nitrogen and oxygen atoms in total. The van der Waals surface area contributed by atoms with Crippen LogP contribution in [0, 0.1) is 0 Å². The molecule has 0 spiro atoms. The first-order valence-electron chi connectivity index (χ1n) is 3.03. The summed E-state index contributed by atoms with van der Waals surface area (Å²) in [6, 6.07) is 0. The first kappa shape index (κ1) is 7.89. The second kappa shape index (κ2) is 2.81. The molecule has 0 atom stereocenters. The van der Waals surface area contributed by atoms with E-state index >= 15 is 0 Å². The zero-order chi connectivity index (χ0) is 7.72. The molecule has 0 unspecified atom stereocenters. The summed E-state index contributed by atoms with van der Waals surface area (Å²) in [7, 11) is 1.85. The normalized spacial score (nSPS) is 10.4. The Bertz CT molecular complexity index is 242. The molecule has 0 radical (unpaired) electrons. The van der Waals surface area contributed by atoms with Gasteiger partial charge in [-0.1, -0.05) is 30.1 Å². The maximum absolute atomic E-state index is 5.75. The Balaban J connectivity index is 3.17. The van der Waals surface area contributed by atoms with Gasteiger partial charge < -0.3 is 4.57 Å². The summed E-state index contributed by atoms with van der Waals surface area (Å²) in [5.74, 6) is 0.912. The van der Waals surface area contributed by atoms with E-state index in [0.29, 0.717) is 10.3 Å². The summed E-state index contributed by atoms with van der Waals surface area (Å²) in [6.45, 7) is 2.01. The van der Waals surface area contributed by atoms with Crippen LogP contribution in [0.4, 0.5) is 0 Å². The van der Waals surface area contributed by atoms with Gasteiger partial charge in [0, 0.05) is 13.5 Å². The number of nitrogens with zero attached hydrogens (tertiary/aromatic N) is 2. The van der Waals surface area contributed by atoms with Crippen LogP contribution >= 0.6 is 23.2 Å². The number of hydrogen-bond acceptors (Lipinski definition) is 1. The predicted octanol–water partition coefficient (Wildman–Crippen LogP) is 2.29. The summed E-state index contributed by atoms with van der Waals surface area (Å²) >= 11 is 11.4. The van der Waals surface area contributed by atoms with Crippen molar-refractivity contribution < 1.29 is 0 Å². The van der Waals surface area contributed by atoms with Crippen molar-refractivity contribution >= 4 is 23.2 Å². The average molecular weight is 179 g/mol. The number of rotatable bonds is 1. The molecule has 0 amide bonds. The van der Waals surface area contributed by atoms with Gasteiger partial charge in [0.2, 0.25) is 0 Å². The number of aromatic nitrogens is 2. The van der Waals surface area contributed by atoms with Crippen molar-refractivity contribution in [1.29, 1.82) is 0 Å². The highest BCUT2D eigenvalue weighted by atomic mass is 35.5. The lowest BCUT2D eigenvalue weighted by atomic mass is 10.5. The van der Waals surface area contributed by atoms with Crippen LogP contribution in [0.3, 0.4) is 0 Å². The van der Waals surface area contributed by atoms with E-state index in [1.54, 1.807) is 4.57 Å². The Hall–Kier alpha value is -0.210. The summed E-state index contributed by atoms with van der Waals surface area (Å²) in [5.41, 5.74) is 0. The van der Waals surface area contributed by atoms with Crippen LogP contribution in [0.2, 0.25) is 10.3 Å². The van der Waals surface area contributed by atoms with Crippen LogP contribution in [-0.4, -0.2) is 9.55 Å². The van der Waals surface area contributed by atoms with Crippen LogP contribution < -0.4 is 0 Å². The number of halogens is 2. The van der Waals surface area contributed by atoms with E-state index in [1.807, 2.05) is 14.0 Å². The number of aryl methyl sites for hydroxylation is 1. The Morgan fingerprint density at radius 1 is 1.50 bits per heavy atom. The fourth-order valence-corrected chi connectivity index (χ4v) is 1.17. The predicted molar refractivity (Wildman–Crippen MR) is 42.6 cm³/mol. The molecule has 0 saturated carbocycles. The second-order valence-corrected chi connectivity index (χ2v) is 2.74. The van der Waals surface area contributed by atoms with Crippen molar-refractivity contribution in [2.24, 2.45) is 7.05 Å². The molecule has 0 saturated heterocycles. The van der Waals surface area contributed by atoms with E-state index in [4.69, 9.17) is 23.2 Å². The Kier molecular flexibility index (Phi) is 2.21. The fraction of sp³-hybridized carbons (Fsp3) is 0.500. The molecule has 0 aromatic carbocycles. The van der Waals surface area contributed by atoms with Crippen molar-refractivity contribution in [3.05, 3.63) is 16.1 Å². The fourth-order valence-electron chi connectivity index (χ4n) is 0.802. The van der Waals surface area contributed by atoms with Crippen LogP contribution in [-0.2, 0) is 13.5 Å². The molecule has 0 N–H and O–H groups in total. The molecule has 0 fully saturated rings. The van der Waals surface area contributed by atoms with Gasteiger partial charge in [-0.25, -0.2) is 4.98 Å². The summed E-state index contributed by atoms with van der Waals surface area (Å²) < 4.78 is 1.78. The molecule has 1 aromatic heterocycles. The topological polar surface area (TPSA) is 17.8 Å². The van der Waals surface area contributed by atoms with Crippen molar-refractivity contribution in [3.63, 3.8) is 0 Å². The lowest BCUT2D eigenvalue weighted by Crippen LogP contribution is -1.94. The monoisotopic (exact) mass is 178 g/mol. The lowest BCUT2D eigenvalue weighted by molar-refractivity contribution is 0.808. The van der Waals surface area contributed by atoms with Gasteiger partial charge in [-0.3, -0.25) is 0 Å². The average Bonchev–Trinajstić information content (AvgIpc) is 2.17. The van der Waals surface area contributed by atoms with Gasteiger partial charge >= 0.3 is 0 Å². The number of imidazole rings is 1. The molecular weight excluding hydrogens is 171 g/mol. The second-order valence-electron chi connectivity index (χ2n) is 2.02. The third-order valence-electron chi connectivity index (χ3n) is 1.40. The quantitative estimate of drug-likeness (QED) is 0.646. The van der Waals surface area contributed by atoms with E-state index in [0.717, 1.165) is 12.2 Å². The molecule has 4 heteroatoms. The van der Waals surface area contributed by atoms with Gasteiger partial charge in [0.1, 0.15) is 11.0 Å². The third-order valence-corrected chi connectivity index (χ3v) is 2.19. The molecule has 0 bridgehead atoms. The van der Waals surface area contributed by atoms with Crippen molar-refractivity contribution in [1.82, 2.24) is 9.55 Å². The van der Waals surface area contributed by atoms with Gasteiger partial charge in [-0.2, -0.15) is 0 Å². The van der Waals surface area contributed by atoms with Crippen molar-refractivity contribution in [2.75, 3.05) is 0 Å². The Morgan fingerprint density at radius 2 is 2.10 bits per heavy atom. The van der Waals surface area contributed by atoms with Crippen molar-refractivity contribution in [2.45, 2.75) is 13.3 Å². The van der Waals surface area contributed by atoms with E-state index in [9.17, 15) is 0 Å². The smallest absolute Gasteiger partial charge is 0.166 e. The molecule has 1 rings (SSSR count). The third kappa shape index (κ3) is 1.13. The SMILES string of the molecule is CCc1nc(Cl)c(Cl)n1C. The van der Waals surface area contributed by atoms with Crippen LogP contribution in [0.25, 0.3) is 0 Å². The standard InChI is InChI=1S/C6H8Cl2N2/c1-3-4-9-5(7)6(8)10(4)2/h3H2,1-2H3. The molecule has 56 valence electrons. The van der Waals surface area contributed by atoms with Gasteiger partial charge in [-0.15, -0.1) is 0 Å². The zero-order valence-electron chi connectivity index (χ0n) is 5.86. The molecular formula is C6H8Cl2N2. The molecule has 1 aromatic rings. The molecule has 1 heterocycles. The lowest BCUT2D eigenvalue weighted by Gasteiger charge is -1.95. The van der Waals surface area contributed by atoms with E-state index in [1.165, 1.54) is 0 Å². The highest BCUT2D eigenvalue weighted by Crippen LogP contribution is 2.21. The summed E-state index contributed by atoms with van der Waals surface area (Å²) in [4.78, 5) is 4.02. The van der Waals surface area contributed by atoms with Gasteiger partial charge in [0.25, 0.3) is 0 Å². The number of hydrogen-bond donors (Lipinski definition) is 0. The minimum atomic E-state index is 0.390. The highest BCUT2D eigenvalue weighted by molar-refractivity contribution is 6.40. The van der Waals surface area contributed by atoms with E-state index in [2.05, 4.69) is 4.98 Å². The van der Waals surface area contributed by atoms with Gasteiger partial charge in [-0.05, 0) is 0 Å². The first-order chi connectivity index (χ1) is 4.66. The first-order valence-corrected chi connectivity index (χ1v) is 3.79. The van der Waals surface area contributed by atoms with E-state index < -0.39 is 0 Å². The van der Waals surface area contributed by atoms with Gasteiger partial charge in [0.05, 0.1) is 0 Å². The van der Waals surface area contributed by atoms with Gasteiger partial charge in [0.15, 0.2) is 5.15 Å². The minimum Gasteiger partial charge on any atom is -0.321 e. The van der Waals surface area contributed by atoms with Crippen LogP contribution in [0.15, 0.2) is 0 Å². The maximum Gasteiger partial charge on any atom is 0.166 e. The molecule has 0 aliphatic carbocycles. The molecule has 10 heavy (non-hydrogen) atoms. The summed E-state index contributed by atoms with van der Waals surface area (Å²) in [5, 5.41) is 0.902.